The molecule has 0 bridgehead atoms. The van der Waals surface area contributed by atoms with Crippen molar-refractivity contribution >= 4 is 17.6 Å². The molecule has 0 spiro atoms. The number of nitrogens with zero attached hydrogens (tertiary/aromatic N) is 3. The van der Waals surface area contributed by atoms with Gasteiger partial charge in [0.05, 0.1) is 34.6 Å². The fraction of sp³-hybridized carbons (Fsp3) is 0.136. The summed E-state index contributed by atoms with van der Waals surface area (Å²) in [5, 5.41) is 8.11. The van der Waals surface area contributed by atoms with Crippen molar-refractivity contribution in [2.24, 2.45) is 0 Å². The molecule has 0 N–H and O–H groups in total. The first kappa shape index (κ1) is 23.3. The zero-order valence-electron chi connectivity index (χ0n) is 17.3. The zero-order valence-corrected chi connectivity index (χ0v) is 18.0. The molecule has 2 aromatic carbocycles. The number of hydrogen-bond donors (Lipinski definition) is 0. The van der Waals surface area contributed by atoms with Crippen molar-refractivity contribution in [2.45, 2.75) is 13.3 Å². The molecule has 0 aliphatic rings. The van der Waals surface area contributed by atoms with E-state index in [1.54, 1.807) is 6.92 Å². The maximum atomic E-state index is 14.3. The van der Waals surface area contributed by atoms with Crippen molar-refractivity contribution in [3.05, 3.63) is 71.3 Å². The summed E-state index contributed by atoms with van der Waals surface area (Å²) in [5.41, 5.74) is 0.452. The molecular weight excluding hydrogens is 482 g/mol. The summed E-state index contributed by atoms with van der Waals surface area (Å²) >= 11 is 6.09. The van der Waals surface area contributed by atoms with Gasteiger partial charge in [0.1, 0.15) is 17.3 Å². The van der Waals surface area contributed by atoms with E-state index in [1.807, 2.05) is 0 Å². The Labute approximate surface area is 194 Å². The van der Waals surface area contributed by atoms with Gasteiger partial charge in [-0.15, -0.1) is 13.2 Å². The van der Waals surface area contributed by atoms with Crippen LogP contribution in [0.2, 0.25) is 5.02 Å². The average Bonchev–Trinajstić information content (AvgIpc) is 3.40. The van der Waals surface area contributed by atoms with E-state index in [0.717, 1.165) is 12.1 Å². The van der Waals surface area contributed by atoms with Gasteiger partial charge in [0.2, 0.25) is 0 Å². The molecule has 176 valence electrons. The summed E-state index contributed by atoms with van der Waals surface area (Å²) in [5.74, 6) is -1.76. The number of hydrogen-bond acceptors (Lipinski definition) is 6. The average molecular weight is 496 g/mol. The molecule has 0 saturated heterocycles. The maximum Gasteiger partial charge on any atom is 0.573 e. The SMILES string of the molecule is CCOC(=O)c1c(-c2cc(-c3c(F)cccc3Cl)no2)cnn1-c1ccc(OC(F)(F)F)cc1. The minimum absolute atomic E-state index is 0.0181. The topological polar surface area (TPSA) is 79.4 Å². The molecule has 0 radical (unpaired) electrons. The van der Waals surface area contributed by atoms with Crippen LogP contribution < -0.4 is 4.74 Å². The van der Waals surface area contributed by atoms with Crippen LogP contribution in [0.15, 0.2) is 59.3 Å². The highest BCUT2D eigenvalue weighted by Crippen LogP contribution is 2.34. The molecule has 34 heavy (non-hydrogen) atoms. The van der Waals surface area contributed by atoms with Crippen molar-refractivity contribution in [3.63, 3.8) is 0 Å². The van der Waals surface area contributed by atoms with E-state index in [0.29, 0.717) is 0 Å². The number of ether oxygens (including phenoxy) is 2. The van der Waals surface area contributed by atoms with Crippen molar-refractivity contribution in [1.29, 1.82) is 0 Å². The Morgan fingerprint density at radius 3 is 2.56 bits per heavy atom. The van der Waals surface area contributed by atoms with Gasteiger partial charge < -0.3 is 14.0 Å². The molecule has 0 saturated carbocycles. The van der Waals surface area contributed by atoms with E-state index in [2.05, 4.69) is 15.0 Å². The second-order valence-electron chi connectivity index (χ2n) is 6.75. The molecular formula is C22H14ClF4N3O4. The summed E-state index contributed by atoms with van der Waals surface area (Å²) in [6.45, 7) is 1.66. The van der Waals surface area contributed by atoms with E-state index < -0.39 is 23.9 Å². The predicted octanol–water partition coefficient (Wildman–Crippen LogP) is 6.06. The number of esters is 1. The second kappa shape index (κ2) is 9.18. The van der Waals surface area contributed by atoms with Gasteiger partial charge in [-0.1, -0.05) is 22.8 Å². The molecule has 0 amide bonds. The smallest absolute Gasteiger partial charge is 0.461 e. The van der Waals surface area contributed by atoms with Gasteiger partial charge in [-0.2, -0.15) is 5.10 Å². The van der Waals surface area contributed by atoms with Gasteiger partial charge in [0.15, 0.2) is 11.5 Å². The summed E-state index contributed by atoms with van der Waals surface area (Å²) in [4.78, 5) is 12.7. The lowest BCUT2D eigenvalue weighted by Crippen LogP contribution is -2.17. The molecule has 4 rings (SSSR count). The van der Waals surface area contributed by atoms with Gasteiger partial charge in [0, 0.05) is 6.07 Å². The lowest BCUT2D eigenvalue weighted by molar-refractivity contribution is -0.274. The van der Waals surface area contributed by atoms with Crippen molar-refractivity contribution < 1.29 is 36.4 Å². The lowest BCUT2D eigenvalue weighted by atomic mass is 10.1. The van der Waals surface area contributed by atoms with E-state index in [-0.39, 0.29) is 45.6 Å². The normalized spacial score (nSPS) is 11.5. The first-order valence-corrected chi connectivity index (χ1v) is 10.1. The number of alkyl halides is 3. The Morgan fingerprint density at radius 2 is 1.91 bits per heavy atom. The first-order chi connectivity index (χ1) is 16.2. The third-order valence-electron chi connectivity index (χ3n) is 4.55. The minimum Gasteiger partial charge on any atom is -0.461 e. The molecule has 7 nitrogen and oxygen atoms in total. The van der Waals surface area contributed by atoms with Crippen LogP contribution in [0.1, 0.15) is 17.4 Å². The molecule has 0 atom stereocenters. The van der Waals surface area contributed by atoms with Gasteiger partial charge in [0.25, 0.3) is 0 Å². The highest BCUT2D eigenvalue weighted by atomic mass is 35.5. The van der Waals surface area contributed by atoms with Gasteiger partial charge in [-0.3, -0.25) is 0 Å². The number of halogens is 5. The Morgan fingerprint density at radius 1 is 1.18 bits per heavy atom. The van der Waals surface area contributed by atoms with Crippen LogP contribution in [-0.4, -0.2) is 33.9 Å². The van der Waals surface area contributed by atoms with Crippen LogP contribution in [0.4, 0.5) is 17.6 Å². The number of rotatable bonds is 6. The second-order valence-corrected chi connectivity index (χ2v) is 7.16. The Hall–Kier alpha value is -3.86. The highest BCUT2D eigenvalue weighted by molar-refractivity contribution is 6.33. The monoisotopic (exact) mass is 495 g/mol. The fourth-order valence-corrected chi connectivity index (χ4v) is 3.43. The summed E-state index contributed by atoms with van der Waals surface area (Å²) in [7, 11) is 0. The summed E-state index contributed by atoms with van der Waals surface area (Å²) in [6, 6.07) is 10.2. The molecule has 0 unspecified atom stereocenters. The van der Waals surface area contributed by atoms with Crippen molar-refractivity contribution in [2.75, 3.05) is 6.61 Å². The van der Waals surface area contributed by atoms with Gasteiger partial charge in [-0.05, 0) is 43.3 Å². The Kier molecular flexibility index (Phi) is 6.29. The van der Waals surface area contributed by atoms with E-state index in [9.17, 15) is 22.4 Å². The predicted molar refractivity (Wildman–Crippen MR) is 112 cm³/mol. The zero-order chi connectivity index (χ0) is 24.5. The molecule has 0 fully saturated rings. The third kappa shape index (κ3) is 4.74. The number of benzene rings is 2. The van der Waals surface area contributed by atoms with Gasteiger partial charge >= 0.3 is 12.3 Å². The lowest BCUT2D eigenvalue weighted by Gasteiger charge is -2.11. The largest absolute Gasteiger partial charge is 0.573 e. The van der Waals surface area contributed by atoms with Crippen LogP contribution in [0, 0.1) is 5.82 Å². The van der Waals surface area contributed by atoms with E-state index in [4.69, 9.17) is 20.9 Å². The minimum atomic E-state index is -4.85. The Bertz CT molecular complexity index is 1310. The van der Waals surface area contributed by atoms with E-state index >= 15 is 0 Å². The fourth-order valence-electron chi connectivity index (χ4n) is 3.17. The molecule has 2 heterocycles. The number of carbonyl (C=O) groups excluding carboxylic acids is 1. The number of aromatic nitrogens is 3. The molecule has 4 aromatic rings. The molecule has 0 aliphatic carbocycles. The van der Waals surface area contributed by atoms with Gasteiger partial charge in [-0.25, -0.2) is 13.9 Å². The standard InChI is InChI=1S/C22H14ClF4N3O4/c1-2-32-21(31)20-14(18-10-17(29-34-18)19-15(23)4-3-5-16(19)24)11-28-30(20)12-6-8-13(9-7-12)33-22(25,26)27/h3-11H,2H2,1H3. The molecule has 2 aromatic heterocycles. The van der Waals surface area contributed by atoms with Crippen molar-refractivity contribution in [1.82, 2.24) is 14.9 Å². The quantitative estimate of drug-likeness (QED) is 0.239. The van der Waals surface area contributed by atoms with Crippen molar-refractivity contribution in [3.8, 4) is 34.0 Å². The Balaban J connectivity index is 1.76. The summed E-state index contributed by atoms with van der Waals surface area (Å²) in [6.07, 6.45) is -3.55. The van der Waals surface area contributed by atoms with Crippen LogP contribution >= 0.6 is 11.6 Å². The van der Waals surface area contributed by atoms with Crippen LogP contribution in [-0.2, 0) is 4.74 Å². The molecule has 12 heteroatoms. The number of carbonyl (C=O) groups is 1. The maximum absolute atomic E-state index is 14.3. The van der Waals surface area contributed by atoms with Crippen LogP contribution in [0.3, 0.4) is 0 Å². The van der Waals surface area contributed by atoms with Crippen LogP contribution in [0.25, 0.3) is 28.3 Å². The van der Waals surface area contributed by atoms with Crippen LogP contribution in [0.5, 0.6) is 5.75 Å². The highest BCUT2D eigenvalue weighted by Gasteiger charge is 2.31. The summed E-state index contributed by atoms with van der Waals surface area (Å²) < 4.78 is 67.1. The third-order valence-corrected chi connectivity index (χ3v) is 4.86. The molecule has 0 aliphatic heterocycles. The first-order valence-electron chi connectivity index (χ1n) is 9.70. The van der Waals surface area contributed by atoms with E-state index in [1.165, 1.54) is 47.3 Å².